The van der Waals surface area contributed by atoms with Crippen molar-refractivity contribution in [2.45, 2.75) is 25.0 Å². The van der Waals surface area contributed by atoms with E-state index in [2.05, 4.69) is 14.9 Å². The lowest BCUT2D eigenvalue weighted by molar-refractivity contribution is 0.0594. The number of anilines is 1. The lowest BCUT2D eigenvalue weighted by Gasteiger charge is -2.33. The molecular formula is C22H26Cl3N3O5S. The Bertz CT molecular complexity index is 1120. The highest BCUT2D eigenvalue weighted by atomic mass is 35.5. The number of rotatable bonds is 9. The van der Waals surface area contributed by atoms with Crippen LogP contribution in [0.3, 0.4) is 0 Å². The highest BCUT2D eigenvalue weighted by Gasteiger charge is 2.23. The van der Waals surface area contributed by atoms with Gasteiger partial charge in [0.1, 0.15) is 11.9 Å². The zero-order chi connectivity index (χ0) is 24.9. The molecule has 0 radical (unpaired) electrons. The number of hydrogen-bond donors (Lipinski definition) is 3. The van der Waals surface area contributed by atoms with Gasteiger partial charge in [-0.2, -0.15) is 0 Å². The quantitative estimate of drug-likeness (QED) is 0.440. The van der Waals surface area contributed by atoms with Crippen molar-refractivity contribution in [2.75, 3.05) is 37.2 Å². The molecule has 1 amide bonds. The van der Waals surface area contributed by atoms with E-state index in [1.807, 2.05) is 0 Å². The van der Waals surface area contributed by atoms with Crippen LogP contribution in [0.15, 0.2) is 36.4 Å². The number of hydrogen-bond acceptors (Lipinski definition) is 6. The van der Waals surface area contributed by atoms with Crippen LogP contribution in [-0.2, 0) is 10.0 Å². The van der Waals surface area contributed by atoms with E-state index in [1.54, 1.807) is 18.2 Å². The van der Waals surface area contributed by atoms with Gasteiger partial charge in [0.2, 0.25) is 10.0 Å². The van der Waals surface area contributed by atoms with Gasteiger partial charge < -0.3 is 20.1 Å². The first-order valence-electron chi connectivity index (χ1n) is 10.6. The molecule has 0 aromatic heterocycles. The average molecular weight is 551 g/mol. The maximum absolute atomic E-state index is 12.6. The fourth-order valence-corrected chi connectivity index (χ4v) is 4.65. The van der Waals surface area contributed by atoms with Gasteiger partial charge in [-0.15, -0.1) is 0 Å². The number of carbonyl (C=O) groups is 1. The second-order valence-corrected chi connectivity index (χ2v) is 11.1. The minimum atomic E-state index is -3.58. The van der Waals surface area contributed by atoms with Crippen LogP contribution in [0.1, 0.15) is 23.2 Å². The second-order valence-electron chi connectivity index (χ2n) is 8.12. The van der Waals surface area contributed by atoms with Gasteiger partial charge in [0.05, 0.1) is 33.7 Å². The number of benzene rings is 2. The summed E-state index contributed by atoms with van der Waals surface area (Å²) in [5.41, 5.74) is 0.188. The molecule has 1 aliphatic rings. The van der Waals surface area contributed by atoms with Crippen molar-refractivity contribution in [2.24, 2.45) is 0 Å². The van der Waals surface area contributed by atoms with Gasteiger partial charge in [0, 0.05) is 37.3 Å². The number of carbonyl (C=O) groups excluding carboxylic acids is 1. The summed E-state index contributed by atoms with van der Waals surface area (Å²) in [6, 6.07) is 9.44. The highest BCUT2D eigenvalue weighted by molar-refractivity contribution is 7.92. The Morgan fingerprint density at radius 3 is 2.50 bits per heavy atom. The number of aliphatic hydroxyl groups is 1. The maximum atomic E-state index is 12.6. The molecular weight excluding hydrogens is 525 g/mol. The Morgan fingerprint density at radius 2 is 1.85 bits per heavy atom. The van der Waals surface area contributed by atoms with Crippen LogP contribution in [0, 0.1) is 0 Å². The molecule has 2 aromatic carbocycles. The summed E-state index contributed by atoms with van der Waals surface area (Å²) in [4.78, 5) is 14.7. The van der Waals surface area contributed by atoms with Crippen LogP contribution >= 0.6 is 34.8 Å². The summed E-state index contributed by atoms with van der Waals surface area (Å²) >= 11 is 17.9. The Labute approximate surface area is 214 Å². The first kappa shape index (κ1) is 26.8. The van der Waals surface area contributed by atoms with Crippen LogP contribution in [0.2, 0.25) is 15.1 Å². The van der Waals surface area contributed by atoms with E-state index in [-0.39, 0.29) is 28.9 Å². The number of ether oxygens (including phenoxy) is 1. The Kier molecular flexibility index (Phi) is 9.31. The highest BCUT2D eigenvalue weighted by Crippen LogP contribution is 2.28. The van der Waals surface area contributed by atoms with Crippen LogP contribution in [0.25, 0.3) is 0 Å². The van der Waals surface area contributed by atoms with E-state index >= 15 is 0 Å². The number of piperidine rings is 1. The number of sulfonamides is 1. The normalized spacial score (nSPS) is 16.1. The third-order valence-electron chi connectivity index (χ3n) is 5.22. The van der Waals surface area contributed by atoms with Crippen LogP contribution < -0.4 is 14.8 Å². The van der Waals surface area contributed by atoms with Gasteiger partial charge in [-0.1, -0.05) is 34.8 Å². The molecule has 186 valence electrons. The molecule has 3 rings (SSSR count). The second kappa shape index (κ2) is 11.8. The predicted molar refractivity (Wildman–Crippen MR) is 135 cm³/mol. The number of β-amino-alcohol motifs (C(OH)–C–C–N with tert-alkyl or cyclic N) is 1. The number of halogens is 3. The molecule has 8 nitrogen and oxygen atoms in total. The molecule has 0 saturated carbocycles. The minimum absolute atomic E-state index is 0.00334. The molecule has 34 heavy (non-hydrogen) atoms. The molecule has 1 saturated heterocycles. The Balaban J connectivity index is 1.46. The van der Waals surface area contributed by atoms with E-state index in [0.29, 0.717) is 22.3 Å². The molecule has 3 N–H and O–H groups in total. The van der Waals surface area contributed by atoms with Gasteiger partial charge in [-0.3, -0.25) is 9.52 Å². The standard InChI is InChI=1S/C22H26Cl3N3O5S/c1-34(31,32)27-21-5-2-14(23)10-18(21)22(30)26-12-15(29)13-28-8-6-16(7-9-28)33-17-3-4-19(24)20(25)11-17/h2-5,10-11,15-16,27,29H,6-9,12-13H2,1H3,(H,26,30)/t15-/m1/s1. The number of likely N-dealkylation sites (tertiary alicyclic amines) is 1. The minimum Gasteiger partial charge on any atom is -0.490 e. The fraction of sp³-hybridized carbons (Fsp3) is 0.409. The number of nitrogens with zero attached hydrogens (tertiary/aromatic N) is 1. The van der Waals surface area contributed by atoms with Crippen molar-refractivity contribution < 1.29 is 23.1 Å². The van der Waals surface area contributed by atoms with Crippen molar-refractivity contribution in [3.05, 3.63) is 57.0 Å². The molecule has 0 bridgehead atoms. The Hall–Kier alpha value is -1.75. The lowest BCUT2D eigenvalue weighted by Crippen LogP contribution is -2.45. The van der Waals surface area contributed by atoms with E-state index in [0.717, 1.165) is 32.2 Å². The third kappa shape index (κ3) is 8.18. The first-order chi connectivity index (χ1) is 16.0. The smallest absolute Gasteiger partial charge is 0.253 e. The molecule has 0 unspecified atom stereocenters. The fourth-order valence-electron chi connectivity index (χ4n) is 3.61. The molecule has 0 aliphatic carbocycles. The summed E-state index contributed by atoms with van der Waals surface area (Å²) < 4.78 is 31.4. The van der Waals surface area contributed by atoms with E-state index in [9.17, 15) is 18.3 Å². The van der Waals surface area contributed by atoms with E-state index < -0.39 is 22.0 Å². The van der Waals surface area contributed by atoms with Gasteiger partial charge in [-0.25, -0.2) is 8.42 Å². The largest absolute Gasteiger partial charge is 0.490 e. The zero-order valence-electron chi connectivity index (χ0n) is 18.4. The van der Waals surface area contributed by atoms with Crippen molar-refractivity contribution in [3.8, 4) is 5.75 Å². The van der Waals surface area contributed by atoms with Crippen LogP contribution in [0.4, 0.5) is 5.69 Å². The van der Waals surface area contributed by atoms with Crippen molar-refractivity contribution in [3.63, 3.8) is 0 Å². The molecule has 1 fully saturated rings. The molecule has 2 aromatic rings. The summed E-state index contributed by atoms with van der Waals surface area (Å²) in [6.45, 7) is 1.84. The Morgan fingerprint density at radius 1 is 1.15 bits per heavy atom. The van der Waals surface area contributed by atoms with Gasteiger partial charge in [0.25, 0.3) is 5.91 Å². The lowest BCUT2D eigenvalue weighted by atomic mass is 10.1. The summed E-state index contributed by atoms with van der Waals surface area (Å²) in [6.07, 6.45) is 1.78. The SMILES string of the molecule is CS(=O)(=O)Nc1ccc(Cl)cc1C(=O)NC[C@@H](O)CN1CCC(Oc2ccc(Cl)c(Cl)c2)CC1. The van der Waals surface area contributed by atoms with Crippen molar-refractivity contribution in [1.29, 1.82) is 0 Å². The zero-order valence-corrected chi connectivity index (χ0v) is 21.5. The van der Waals surface area contributed by atoms with Gasteiger partial charge in [0.15, 0.2) is 0 Å². The monoisotopic (exact) mass is 549 g/mol. The van der Waals surface area contributed by atoms with Crippen molar-refractivity contribution in [1.82, 2.24) is 10.2 Å². The molecule has 1 aliphatic heterocycles. The van der Waals surface area contributed by atoms with Crippen LogP contribution in [0.5, 0.6) is 5.75 Å². The van der Waals surface area contributed by atoms with Crippen molar-refractivity contribution >= 4 is 56.4 Å². The molecule has 12 heteroatoms. The summed E-state index contributed by atoms with van der Waals surface area (Å²) in [7, 11) is -3.58. The maximum Gasteiger partial charge on any atom is 0.253 e. The van der Waals surface area contributed by atoms with E-state index in [4.69, 9.17) is 39.5 Å². The molecule has 1 heterocycles. The van der Waals surface area contributed by atoms with Gasteiger partial charge in [-0.05, 0) is 43.2 Å². The number of amides is 1. The number of aliphatic hydroxyl groups excluding tert-OH is 1. The van der Waals surface area contributed by atoms with Crippen LogP contribution in [-0.4, -0.2) is 69.0 Å². The predicted octanol–water partition coefficient (Wildman–Crippen LogP) is 3.65. The summed E-state index contributed by atoms with van der Waals surface area (Å²) in [5.74, 6) is 0.128. The third-order valence-corrected chi connectivity index (χ3v) is 6.78. The average Bonchev–Trinajstić information content (AvgIpc) is 2.76. The number of nitrogens with one attached hydrogen (secondary N) is 2. The van der Waals surface area contributed by atoms with E-state index in [1.165, 1.54) is 18.2 Å². The molecule has 0 spiro atoms. The summed E-state index contributed by atoms with van der Waals surface area (Å²) in [5, 5.41) is 14.3. The molecule has 1 atom stereocenters. The van der Waals surface area contributed by atoms with Gasteiger partial charge >= 0.3 is 0 Å². The topological polar surface area (TPSA) is 108 Å². The first-order valence-corrected chi connectivity index (χ1v) is 13.6.